The first-order valence-electron chi connectivity index (χ1n) is 8.43. The van der Waals surface area contributed by atoms with Crippen LogP contribution in [0.25, 0.3) is 0 Å². The molecule has 2 rings (SSSR count). The smallest absolute Gasteiger partial charge is 0.238 e. The Balaban J connectivity index is 1.66. The van der Waals surface area contributed by atoms with Gasteiger partial charge in [-0.3, -0.25) is 4.79 Å². The van der Waals surface area contributed by atoms with E-state index in [1.165, 1.54) is 31.2 Å². The minimum atomic E-state index is 0.0231. The van der Waals surface area contributed by atoms with Crippen LogP contribution in [-0.2, 0) is 4.79 Å². The van der Waals surface area contributed by atoms with Gasteiger partial charge in [0.1, 0.15) is 0 Å². The van der Waals surface area contributed by atoms with Crippen molar-refractivity contribution in [2.45, 2.75) is 51.9 Å². The molecule has 0 atom stereocenters. The van der Waals surface area contributed by atoms with Crippen LogP contribution in [0, 0.1) is 0 Å². The number of rotatable bonds is 7. The summed E-state index contributed by atoms with van der Waals surface area (Å²) in [4.78, 5) is 11.9. The van der Waals surface area contributed by atoms with Gasteiger partial charge in [0, 0.05) is 5.69 Å². The average Bonchev–Trinajstić information content (AvgIpc) is 2.53. The highest BCUT2D eigenvalue weighted by Gasteiger charge is 2.05. The maximum Gasteiger partial charge on any atom is 0.238 e. The monoisotopic (exact) mass is 300 g/mol. The third-order valence-corrected chi connectivity index (χ3v) is 4.15. The summed E-state index contributed by atoms with van der Waals surface area (Å²) >= 11 is 0. The molecule has 0 heterocycles. The summed E-state index contributed by atoms with van der Waals surface area (Å²) in [6.45, 7) is 5.59. The van der Waals surface area contributed by atoms with Gasteiger partial charge in [0.05, 0.1) is 6.54 Å². The van der Waals surface area contributed by atoms with E-state index in [-0.39, 0.29) is 5.91 Å². The molecule has 3 heteroatoms. The Bertz CT molecular complexity index is 503. The molecule has 0 fully saturated rings. The SMILES string of the molecule is CC(C)c1ccc(NC(=O)CNCCC2=CCCCC2)cc1. The molecule has 1 aliphatic rings. The topological polar surface area (TPSA) is 41.1 Å². The first kappa shape index (κ1) is 16.8. The van der Waals surface area contributed by atoms with Crippen molar-refractivity contribution in [1.29, 1.82) is 0 Å². The van der Waals surface area contributed by atoms with Crippen molar-refractivity contribution < 1.29 is 4.79 Å². The van der Waals surface area contributed by atoms with E-state index in [0.29, 0.717) is 12.5 Å². The second-order valence-electron chi connectivity index (χ2n) is 6.36. The van der Waals surface area contributed by atoms with Crippen LogP contribution in [0.4, 0.5) is 5.69 Å². The molecule has 0 bridgehead atoms. The van der Waals surface area contributed by atoms with Gasteiger partial charge in [0.15, 0.2) is 0 Å². The highest BCUT2D eigenvalue weighted by molar-refractivity contribution is 5.92. The number of hydrogen-bond donors (Lipinski definition) is 2. The molecule has 120 valence electrons. The maximum atomic E-state index is 11.9. The Morgan fingerprint density at radius 2 is 1.95 bits per heavy atom. The fourth-order valence-corrected chi connectivity index (χ4v) is 2.74. The summed E-state index contributed by atoms with van der Waals surface area (Å²) in [6, 6.07) is 8.09. The second-order valence-corrected chi connectivity index (χ2v) is 6.36. The molecule has 0 saturated carbocycles. The molecule has 0 spiro atoms. The van der Waals surface area contributed by atoms with Gasteiger partial charge in [-0.2, -0.15) is 0 Å². The summed E-state index contributed by atoms with van der Waals surface area (Å²) in [5.74, 6) is 0.537. The average molecular weight is 300 g/mol. The molecule has 22 heavy (non-hydrogen) atoms. The number of anilines is 1. The van der Waals surface area contributed by atoms with E-state index >= 15 is 0 Å². The number of carbonyl (C=O) groups is 1. The summed E-state index contributed by atoms with van der Waals surface area (Å²) in [6.07, 6.45) is 8.53. The van der Waals surface area contributed by atoms with Crippen molar-refractivity contribution in [2.75, 3.05) is 18.4 Å². The zero-order valence-corrected chi connectivity index (χ0v) is 13.8. The molecule has 0 aromatic heterocycles. The standard InChI is InChI=1S/C19H28N2O/c1-15(2)17-8-10-18(11-9-17)21-19(22)14-20-13-12-16-6-4-3-5-7-16/h6,8-11,15,20H,3-5,7,12-14H2,1-2H3,(H,21,22). The molecular weight excluding hydrogens is 272 g/mol. The van der Waals surface area contributed by atoms with E-state index in [4.69, 9.17) is 0 Å². The van der Waals surface area contributed by atoms with Crippen LogP contribution in [-0.4, -0.2) is 19.0 Å². The van der Waals surface area contributed by atoms with E-state index in [1.807, 2.05) is 12.1 Å². The zero-order chi connectivity index (χ0) is 15.8. The Kier molecular flexibility index (Phi) is 6.66. The van der Waals surface area contributed by atoms with E-state index in [2.05, 4.69) is 42.7 Å². The first-order chi connectivity index (χ1) is 10.6. The fourth-order valence-electron chi connectivity index (χ4n) is 2.74. The summed E-state index contributed by atoms with van der Waals surface area (Å²) in [7, 11) is 0. The van der Waals surface area contributed by atoms with Crippen molar-refractivity contribution in [3.63, 3.8) is 0 Å². The number of hydrogen-bond acceptors (Lipinski definition) is 2. The van der Waals surface area contributed by atoms with Crippen LogP contribution in [0.5, 0.6) is 0 Å². The van der Waals surface area contributed by atoms with Crippen LogP contribution >= 0.6 is 0 Å². The summed E-state index contributed by atoms with van der Waals surface area (Å²) in [5, 5.41) is 6.16. The molecule has 1 aromatic rings. The number of allylic oxidation sites excluding steroid dienone is 1. The minimum absolute atomic E-state index is 0.0231. The number of amides is 1. The van der Waals surface area contributed by atoms with Crippen molar-refractivity contribution in [2.24, 2.45) is 0 Å². The van der Waals surface area contributed by atoms with Gasteiger partial charge in [0.25, 0.3) is 0 Å². The van der Waals surface area contributed by atoms with Crippen LogP contribution in [0.1, 0.15) is 57.4 Å². The Hall–Kier alpha value is -1.61. The van der Waals surface area contributed by atoms with Gasteiger partial charge >= 0.3 is 0 Å². The van der Waals surface area contributed by atoms with E-state index in [1.54, 1.807) is 5.57 Å². The first-order valence-corrected chi connectivity index (χ1v) is 8.43. The van der Waals surface area contributed by atoms with Crippen molar-refractivity contribution in [3.8, 4) is 0 Å². The van der Waals surface area contributed by atoms with Crippen molar-refractivity contribution in [1.82, 2.24) is 5.32 Å². The van der Waals surface area contributed by atoms with Crippen LogP contribution in [0.3, 0.4) is 0 Å². The van der Waals surface area contributed by atoms with Crippen LogP contribution in [0.15, 0.2) is 35.9 Å². The third kappa shape index (κ3) is 5.64. The molecule has 2 N–H and O–H groups in total. The number of benzene rings is 1. The predicted octanol–water partition coefficient (Wildman–Crippen LogP) is 4.23. The zero-order valence-electron chi connectivity index (χ0n) is 13.8. The maximum absolute atomic E-state index is 11.9. The molecule has 0 unspecified atom stereocenters. The Morgan fingerprint density at radius 1 is 1.18 bits per heavy atom. The van der Waals surface area contributed by atoms with Gasteiger partial charge in [0.2, 0.25) is 5.91 Å². The lowest BCUT2D eigenvalue weighted by Crippen LogP contribution is -2.29. The Labute approximate surface area is 134 Å². The fraction of sp³-hybridized carbons (Fsp3) is 0.526. The van der Waals surface area contributed by atoms with E-state index in [0.717, 1.165) is 18.7 Å². The van der Waals surface area contributed by atoms with Crippen LogP contribution < -0.4 is 10.6 Å². The highest BCUT2D eigenvalue weighted by atomic mass is 16.1. The molecule has 0 saturated heterocycles. The Morgan fingerprint density at radius 3 is 2.59 bits per heavy atom. The van der Waals surface area contributed by atoms with Gasteiger partial charge in [-0.1, -0.05) is 37.6 Å². The lowest BCUT2D eigenvalue weighted by molar-refractivity contribution is -0.115. The minimum Gasteiger partial charge on any atom is -0.325 e. The molecule has 1 amide bonds. The molecule has 0 radical (unpaired) electrons. The van der Waals surface area contributed by atoms with Gasteiger partial charge in [-0.25, -0.2) is 0 Å². The second kappa shape index (κ2) is 8.74. The molecule has 1 aliphatic carbocycles. The molecular formula is C19H28N2O. The van der Waals surface area contributed by atoms with E-state index < -0.39 is 0 Å². The van der Waals surface area contributed by atoms with Crippen molar-refractivity contribution >= 4 is 11.6 Å². The lowest BCUT2D eigenvalue weighted by atomic mass is 9.97. The number of carbonyl (C=O) groups excluding carboxylic acids is 1. The normalized spacial score (nSPS) is 14.8. The van der Waals surface area contributed by atoms with Gasteiger partial charge < -0.3 is 10.6 Å². The van der Waals surface area contributed by atoms with Gasteiger partial charge in [-0.15, -0.1) is 0 Å². The molecule has 0 aliphatic heterocycles. The lowest BCUT2D eigenvalue weighted by Gasteiger charge is -2.13. The third-order valence-electron chi connectivity index (χ3n) is 4.15. The highest BCUT2D eigenvalue weighted by Crippen LogP contribution is 2.19. The van der Waals surface area contributed by atoms with Crippen molar-refractivity contribution in [3.05, 3.63) is 41.5 Å². The summed E-state index contributed by atoms with van der Waals surface area (Å²) < 4.78 is 0. The van der Waals surface area contributed by atoms with E-state index in [9.17, 15) is 4.79 Å². The largest absolute Gasteiger partial charge is 0.325 e. The summed E-state index contributed by atoms with van der Waals surface area (Å²) in [5.41, 5.74) is 3.70. The molecule has 3 nitrogen and oxygen atoms in total. The number of nitrogens with one attached hydrogen (secondary N) is 2. The quantitative estimate of drug-likeness (QED) is 0.584. The predicted molar refractivity (Wildman–Crippen MR) is 93.2 cm³/mol. The van der Waals surface area contributed by atoms with Gasteiger partial charge in [-0.05, 0) is 62.3 Å². The molecule has 1 aromatic carbocycles. The van der Waals surface area contributed by atoms with Crippen LogP contribution in [0.2, 0.25) is 0 Å².